The van der Waals surface area contributed by atoms with Gasteiger partial charge in [0.1, 0.15) is 11.3 Å². The van der Waals surface area contributed by atoms with Gasteiger partial charge in [-0.3, -0.25) is 15.1 Å². The van der Waals surface area contributed by atoms with Crippen molar-refractivity contribution in [1.29, 1.82) is 5.41 Å². The van der Waals surface area contributed by atoms with Crippen molar-refractivity contribution in [2.45, 2.75) is 76.7 Å². The number of nitrogens with one attached hydrogen (secondary N) is 2. The maximum atomic E-state index is 13.1. The van der Waals surface area contributed by atoms with E-state index in [9.17, 15) is 4.79 Å². The highest BCUT2D eigenvalue weighted by atomic mass is 16.5. The van der Waals surface area contributed by atoms with Gasteiger partial charge in [-0.2, -0.15) is 0 Å². The molecule has 5 nitrogen and oxygen atoms in total. The van der Waals surface area contributed by atoms with E-state index in [1.165, 1.54) is 37.0 Å². The molecule has 1 aliphatic carbocycles. The number of carbonyl (C=O) groups is 1. The number of unbranched alkanes of at least 4 members (excludes halogenated alkanes) is 1. The average molecular weight is 386 g/mol. The molecule has 0 radical (unpaired) electrons. The molecule has 2 N–H and O–H groups in total. The van der Waals surface area contributed by atoms with E-state index in [-0.39, 0.29) is 11.9 Å². The lowest BCUT2D eigenvalue weighted by Gasteiger charge is -2.30. The lowest BCUT2D eigenvalue weighted by molar-refractivity contribution is -0.130. The maximum absolute atomic E-state index is 13.1. The van der Waals surface area contributed by atoms with E-state index in [1.54, 1.807) is 7.05 Å². The van der Waals surface area contributed by atoms with Crippen LogP contribution in [0.1, 0.15) is 70.3 Å². The van der Waals surface area contributed by atoms with E-state index < -0.39 is 5.54 Å². The number of rotatable bonds is 9. The molecule has 0 aromatic heterocycles. The Bertz CT molecular complexity index is 684. The zero-order valence-corrected chi connectivity index (χ0v) is 17.4. The van der Waals surface area contributed by atoms with Gasteiger partial charge in [0.05, 0.1) is 6.61 Å². The lowest BCUT2D eigenvalue weighted by Crippen LogP contribution is -2.49. The molecule has 3 rings (SSSR count). The highest BCUT2D eigenvalue weighted by Gasteiger charge is 2.47. The Morgan fingerprint density at radius 2 is 2.07 bits per heavy atom. The fourth-order valence-electron chi connectivity index (χ4n) is 4.52. The van der Waals surface area contributed by atoms with Crippen molar-refractivity contribution in [2.24, 2.45) is 5.92 Å². The van der Waals surface area contributed by atoms with Crippen molar-refractivity contribution in [2.75, 3.05) is 13.7 Å². The molecule has 0 bridgehead atoms. The van der Waals surface area contributed by atoms with Crippen LogP contribution in [0.2, 0.25) is 0 Å². The molecule has 28 heavy (non-hydrogen) atoms. The molecule has 154 valence electrons. The molecule has 1 aromatic rings. The van der Waals surface area contributed by atoms with E-state index in [0.717, 1.165) is 43.6 Å². The minimum Gasteiger partial charge on any atom is -0.494 e. The monoisotopic (exact) mass is 385 g/mol. The molecular weight excluding hydrogens is 350 g/mol. The van der Waals surface area contributed by atoms with E-state index in [4.69, 9.17) is 10.1 Å². The average Bonchev–Trinajstić information content (AvgIpc) is 2.92. The van der Waals surface area contributed by atoms with Gasteiger partial charge in [-0.1, -0.05) is 57.6 Å². The van der Waals surface area contributed by atoms with Gasteiger partial charge in [0.15, 0.2) is 5.96 Å². The number of guanidine groups is 1. The van der Waals surface area contributed by atoms with E-state index in [2.05, 4.69) is 24.4 Å². The van der Waals surface area contributed by atoms with Crippen molar-refractivity contribution in [3.63, 3.8) is 0 Å². The van der Waals surface area contributed by atoms with Crippen LogP contribution in [0, 0.1) is 11.3 Å². The smallest absolute Gasteiger partial charge is 0.255 e. The van der Waals surface area contributed by atoms with Crippen LogP contribution in [0.5, 0.6) is 5.75 Å². The summed E-state index contributed by atoms with van der Waals surface area (Å²) in [7, 11) is 1.70. The van der Waals surface area contributed by atoms with Gasteiger partial charge >= 0.3 is 0 Å². The number of ether oxygens (including phenoxy) is 1. The number of benzene rings is 1. The molecule has 5 heteroatoms. The van der Waals surface area contributed by atoms with Crippen molar-refractivity contribution < 1.29 is 9.53 Å². The fraction of sp³-hybridized carbons (Fsp3) is 0.652. The third-order valence-corrected chi connectivity index (χ3v) is 6.28. The highest BCUT2D eigenvalue weighted by Crippen LogP contribution is 2.33. The number of carbonyl (C=O) groups excluding carboxylic acids is 1. The number of nitrogens with zero attached hydrogens (tertiary/aromatic N) is 1. The van der Waals surface area contributed by atoms with Gasteiger partial charge < -0.3 is 10.1 Å². The van der Waals surface area contributed by atoms with Crippen LogP contribution in [0.4, 0.5) is 0 Å². The standard InChI is InChI=1S/C23H35N3O2/c1-3-4-15-28-20-12-8-11-19(16-20)17-23(21(27)26(2)22(24)25-23)14-13-18-9-6-5-7-10-18/h8,11-12,16,18H,3-7,9-10,13-15,17H2,1-2H3,(H2,24,25)/t23-/m1/s1. The van der Waals surface area contributed by atoms with Crippen LogP contribution in [-0.2, 0) is 11.2 Å². The summed E-state index contributed by atoms with van der Waals surface area (Å²) >= 11 is 0. The molecule has 1 aromatic carbocycles. The predicted octanol–water partition coefficient (Wildman–Crippen LogP) is 4.50. The van der Waals surface area contributed by atoms with Crippen LogP contribution >= 0.6 is 0 Å². The SMILES string of the molecule is CCCCOc1cccc(C[C@@]2(CCC3CCCCC3)NC(=N)N(C)C2=O)c1. The molecule has 2 fully saturated rings. The van der Waals surface area contributed by atoms with Gasteiger partial charge in [0.2, 0.25) is 0 Å². The molecule has 0 spiro atoms. The van der Waals surface area contributed by atoms with Crippen molar-refractivity contribution >= 4 is 11.9 Å². The first kappa shape index (κ1) is 20.7. The van der Waals surface area contributed by atoms with Crippen molar-refractivity contribution in [3.05, 3.63) is 29.8 Å². The maximum Gasteiger partial charge on any atom is 0.255 e. The Morgan fingerprint density at radius 3 is 2.75 bits per heavy atom. The molecule has 1 saturated heterocycles. The van der Waals surface area contributed by atoms with Crippen LogP contribution in [0.15, 0.2) is 24.3 Å². The normalized spacial score (nSPS) is 23.1. The fourth-order valence-corrected chi connectivity index (χ4v) is 4.52. The number of likely N-dealkylation sites (N-methyl/N-ethyl adjacent to an activating group) is 1. The molecule has 0 unspecified atom stereocenters. The third-order valence-electron chi connectivity index (χ3n) is 6.28. The van der Waals surface area contributed by atoms with E-state index in [1.807, 2.05) is 12.1 Å². The van der Waals surface area contributed by atoms with Crippen molar-refractivity contribution in [1.82, 2.24) is 10.2 Å². The summed E-state index contributed by atoms with van der Waals surface area (Å²) in [6.07, 6.45) is 11.1. The van der Waals surface area contributed by atoms with Crippen molar-refractivity contribution in [3.8, 4) is 5.75 Å². The van der Waals surface area contributed by atoms with Gasteiger partial charge in [0, 0.05) is 13.5 Å². The first-order valence-corrected chi connectivity index (χ1v) is 10.9. The second-order valence-electron chi connectivity index (χ2n) is 8.49. The summed E-state index contributed by atoms with van der Waals surface area (Å²) in [5, 5.41) is 11.4. The molecule has 1 amide bonds. The molecule has 1 saturated carbocycles. The molecule has 1 atom stereocenters. The minimum atomic E-state index is -0.703. The molecular formula is C23H35N3O2. The molecule has 1 aliphatic heterocycles. The van der Waals surface area contributed by atoms with Gasteiger partial charge in [-0.25, -0.2) is 0 Å². The van der Waals surface area contributed by atoms with Crippen LogP contribution < -0.4 is 10.1 Å². The van der Waals surface area contributed by atoms with E-state index >= 15 is 0 Å². The Kier molecular flexibility index (Phi) is 6.97. The number of hydrogen-bond donors (Lipinski definition) is 2. The highest BCUT2D eigenvalue weighted by molar-refractivity contribution is 6.07. The Morgan fingerprint density at radius 1 is 1.29 bits per heavy atom. The summed E-state index contributed by atoms with van der Waals surface area (Å²) in [6.45, 7) is 2.87. The van der Waals surface area contributed by atoms with Crippen LogP contribution in [0.25, 0.3) is 0 Å². The summed E-state index contributed by atoms with van der Waals surface area (Å²) < 4.78 is 5.85. The first-order chi connectivity index (χ1) is 13.5. The molecule has 2 aliphatic rings. The Balaban J connectivity index is 1.73. The van der Waals surface area contributed by atoms with Crippen LogP contribution in [-0.4, -0.2) is 36.0 Å². The second kappa shape index (κ2) is 9.44. The Hall–Kier alpha value is -2.04. The van der Waals surface area contributed by atoms with Gasteiger partial charge in [-0.05, 0) is 42.9 Å². The summed E-state index contributed by atoms with van der Waals surface area (Å²) in [6, 6.07) is 8.09. The quantitative estimate of drug-likeness (QED) is 0.615. The second-order valence-corrected chi connectivity index (χ2v) is 8.49. The number of amides is 1. The summed E-state index contributed by atoms with van der Waals surface area (Å²) in [4.78, 5) is 14.6. The van der Waals surface area contributed by atoms with Crippen LogP contribution in [0.3, 0.4) is 0 Å². The minimum absolute atomic E-state index is 0.0191. The summed E-state index contributed by atoms with van der Waals surface area (Å²) in [5.41, 5.74) is 0.382. The topological polar surface area (TPSA) is 65.4 Å². The lowest BCUT2D eigenvalue weighted by atomic mass is 9.79. The predicted molar refractivity (Wildman–Crippen MR) is 113 cm³/mol. The third kappa shape index (κ3) is 4.86. The Labute approximate surface area is 169 Å². The summed E-state index contributed by atoms with van der Waals surface area (Å²) in [5.74, 6) is 1.81. The number of hydrogen-bond acceptors (Lipinski definition) is 3. The largest absolute Gasteiger partial charge is 0.494 e. The van der Waals surface area contributed by atoms with Gasteiger partial charge in [-0.15, -0.1) is 0 Å². The zero-order chi connectivity index (χ0) is 20.0. The molecule has 1 heterocycles. The van der Waals surface area contributed by atoms with E-state index in [0.29, 0.717) is 12.3 Å². The van der Waals surface area contributed by atoms with Gasteiger partial charge in [0.25, 0.3) is 5.91 Å². The first-order valence-electron chi connectivity index (χ1n) is 10.9. The zero-order valence-electron chi connectivity index (χ0n) is 17.4.